The average Bonchev–Trinajstić information content (AvgIpc) is 2.98. The molecule has 1 fully saturated rings. The van der Waals surface area contributed by atoms with E-state index in [1.165, 1.54) is 13.1 Å². The molecule has 3 unspecified atom stereocenters. The molecule has 2 aromatic carbocycles. The Kier molecular flexibility index (Phi) is 13.5. The zero-order valence-corrected chi connectivity index (χ0v) is 28.0. The van der Waals surface area contributed by atoms with E-state index in [0.717, 1.165) is 48.4 Å². The van der Waals surface area contributed by atoms with Crippen molar-refractivity contribution in [2.45, 2.75) is 58.3 Å². The van der Waals surface area contributed by atoms with Crippen LogP contribution >= 0.6 is 11.6 Å². The zero-order chi connectivity index (χ0) is 32.4. The van der Waals surface area contributed by atoms with Crippen LogP contribution in [0.25, 0.3) is 0 Å². The first-order valence-electron chi connectivity index (χ1n) is 14.8. The molecule has 1 heterocycles. The molecule has 0 aliphatic carbocycles. The predicted molar refractivity (Wildman–Crippen MR) is 178 cm³/mol. The van der Waals surface area contributed by atoms with E-state index >= 15 is 0 Å². The fourth-order valence-electron chi connectivity index (χ4n) is 4.81. The molecule has 13 heteroatoms. The van der Waals surface area contributed by atoms with Gasteiger partial charge in [-0.05, 0) is 94.7 Å². The number of amides is 1. The van der Waals surface area contributed by atoms with E-state index < -0.39 is 29.1 Å². The standard InChI is InChI=1S/C31H46ClF2N7O2S/c1-21-17-24(30(42)38-26-12-15-40(4)16-13-26)8-10-27(21)39-31(3,36-19-22(2)29(33)34)37-20-35-14-11-23-7-9-25(32)18-28(23)41(5)44(6)43/h7-10,17-19,22,26,29,35,37,39H,11-16,20H2,1-6H3,(H,38,42). The molecule has 0 aromatic heterocycles. The lowest BCUT2D eigenvalue weighted by Crippen LogP contribution is -2.51. The molecule has 0 spiro atoms. The Hall–Kier alpha value is -2.64. The maximum atomic E-state index is 13.3. The smallest absolute Gasteiger partial charge is 0.251 e. The summed E-state index contributed by atoms with van der Waals surface area (Å²) in [5.74, 6) is -2.26. The second-order valence-electron chi connectivity index (χ2n) is 11.5. The van der Waals surface area contributed by atoms with Crippen molar-refractivity contribution in [1.82, 2.24) is 20.9 Å². The highest BCUT2D eigenvalue weighted by molar-refractivity contribution is 7.85. The molecule has 2 aromatic rings. The Balaban J connectivity index is 1.65. The minimum atomic E-state index is -2.53. The lowest BCUT2D eigenvalue weighted by atomic mass is 10.0. The fraction of sp³-hybridized carbons (Fsp3) is 0.548. The molecule has 244 valence electrons. The fourth-order valence-corrected chi connectivity index (χ4v) is 5.42. The Morgan fingerprint density at radius 2 is 1.95 bits per heavy atom. The molecule has 4 N–H and O–H groups in total. The quantitative estimate of drug-likeness (QED) is 0.127. The van der Waals surface area contributed by atoms with Gasteiger partial charge in [0.25, 0.3) is 5.91 Å². The van der Waals surface area contributed by atoms with Crippen LogP contribution in [0.3, 0.4) is 0 Å². The third-order valence-electron chi connectivity index (χ3n) is 7.79. The first kappa shape index (κ1) is 35.8. The number of anilines is 2. The Labute approximate surface area is 267 Å². The van der Waals surface area contributed by atoms with Crippen LogP contribution in [0.5, 0.6) is 0 Å². The maximum absolute atomic E-state index is 13.3. The highest BCUT2D eigenvalue weighted by Gasteiger charge is 2.25. The molecular formula is C31H46ClF2N7O2S. The number of aryl methyl sites for hydroxylation is 1. The zero-order valence-electron chi connectivity index (χ0n) is 26.4. The normalized spacial score (nSPS) is 17.4. The SMILES string of the molecule is Cc1cc(C(=O)NC2CCN(C)CC2)ccc1NC(C)(N=CC(C)C(F)F)NCNCCc1ccc(Cl)cc1N(C)S(C)=O. The van der Waals surface area contributed by atoms with Crippen molar-refractivity contribution < 1.29 is 17.8 Å². The van der Waals surface area contributed by atoms with Crippen molar-refractivity contribution in [3.05, 3.63) is 58.1 Å². The number of alkyl halides is 2. The van der Waals surface area contributed by atoms with Crippen LogP contribution in [-0.4, -0.2) is 86.1 Å². The van der Waals surface area contributed by atoms with Gasteiger partial charge >= 0.3 is 0 Å². The molecule has 1 aliphatic heterocycles. The molecule has 0 radical (unpaired) electrons. The van der Waals surface area contributed by atoms with Crippen LogP contribution < -0.4 is 25.6 Å². The first-order chi connectivity index (χ1) is 20.8. The monoisotopic (exact) mass is 653 g/mol. The van der Waals surface area contributed by atoms with E-state index in [1.54, 1.807) is 42.7 Å². The van der Waals surface area contributed by atoms with Crippen molar-refractivity contribution in [2.24, 2.45) is 10.9 Å². The van der Waals surface area contributed by atoms with Gasteiger partial charge in [-0.25, -0.2) is 13.0 Å². The second-order valence-corrected chi connectivity index (χ2v) is 13.4. The van der Waals surface area contributed by atoms with E-state index in [9.17, 15) is 17.8 Å². The van der Waals surface area contributed by atoms with E-state index in [2.05, 4.69) is 38.2 Å². The summed E-state index contributed by atoms with van der Waals surface area (Å²) in [5, 5.41) is 13.6. The highest BCUT2D eigenvalue weighted by Crippen LogP contribution is 2.26. The lowest BCUT2D eigenvalue weighted by molar-refractivity contribution is 0.0916. The van der Waals surface area contributed by atoms with Crippen molar-refractivity contribution in [3.8, 4) is 0 Å². The third-order valence-corrected chi connectivity index (χ3v) is 8.99. The van der Waals surface area contributed by atoms with Crippen molar-refractivity contribution >= 4 is 46.1 Å². The number of nitrogens with one attached hydrogen (secondary N) is 4. The van der Waals surface area contributed by atoms with Gasteiger partial charge in [0.05, 0.1) is 11.6 Å². The minimum absolute atomic E-state index is 0.108. The van der Waals surface area contributed by atoms with Gasteiger partial charge in [-0.15, -0.1) is 0 Å². The highest BCUT2D eigenvalue weighted by atomic mass is 35.5. The number of benzene rings is 2. The van der Waals surface area contributed by atoms with Gasteiger partial charge in [-0.1, -0.05) is 24.6 Å². The van der Waals surface area contributed by atoms with Crippen molar-refractivity contribution in [1.29, 1.82) is 0 Å². The second kappa shape index (κ2) is 16.6. The summed E-state index contributed by atoms with van der Waals surface area (Å²) in [5.41, 5.74) is 3.90. The summed E-state index contributed by atoms with van der Waals surface area (Å²) < 4.78 is 40.2. The number of carbonyl (C=O) groups excluding carboxylic acids is 1. The molecule has 0 saturated carbocycles. The van der Waals surface area contributed by atoms with Crippen LogP contribution in [0.15, 0.2) is 41.4 Å². The molecule has 1 amide bonds. The summed E-state index contributed by atoms with van der Waals surface area (Å²) in [6, 6.07) is 11.1. The first-order valence-corrected chi connectivity index (χ1v) is 16.7. The molecule has 1 saturated heterocycles. The number of piperidine rings is 1. The van der Waals surface area contributed by atoms with E-state index in [4.69, 9.17) is 11.6 Å². The molecule has 9 nitrogen and oxygen atoms in total. The number of nitrogens with zero attached hydrogens (tertiary/aromatic N) is 3. The van der Waals surface area contributed by atoms with Crippen LogP contribution in [0.4, 0.5) is 20.2 Å². The van der Waals surface area contributed by atoms with Gasteiger partial charge in [0.1, 0.15) is 11.0 Å². The van der Waals surface area contributed by atoms with Crippen LogP contribution in [-0.2, 0) is 17.4 Å². The van der Waals surface area contributed by atoms with Crippen molar-refractivity contribution in [2.75, 3.05) is 56.3 Å². The largest absolute Gasteiger partial charge is 0.349 e. The summed E-state index contributed by atoms with van der Waals surface area (Å²) >= 11 is 6.18. The average molecular weight is 654 g/mol. The number of likely N-dealkylation sites (tertiary alicyclic amines) is 1. The molecule has 1 aliphatic rings. The lowest BCUT2D eigenvalue weighted by Gasteiger charge is -2.31. The number of rotatable bonds is 15. The van der Waals surface area contributed by atoms with E-state index in [1.807, 2.05) is 25.1 Å². The van der Waals surface area contributed by atoms with Gasteiger partial charge in [-0.3, -0.25) is 19.4 Å². The summed E-state index contributed by atoms with van der Waals surface area (Å²) in [6.07, 6.45) is 2.82. The summed E-state index contributed by atoms with van der Waals surface area (Å²) in [4.78, 5) is 19.6. The van der Waals surface area contributed by atoms with Gasteiger partial charge < -0.3 is 20.9 Å². The summed E-state index contributed by atoms with van der Waals surface area (Å²) in [7, 11) is 2.64. The van der Waals surface area contributed by atoms with Gasteiger partial charge in [0.2, 0.25) is 6.43 Å². The van der Waals surface area contributed by atoms with Gasteiger partial charge in [0, 0.05) is 55.0 Å². The number of carbonyl (C=O) groups is 1. The van der Waals surface area contributed by atoms with Gasteiger partial charge in [-0.2, -0.15) is 0 Å². The number of hydrogen-bond acceptors (Lipinski definition) is 7. The maximum Gasteiger partial charge on any atom is 0.251 e. The molecule has 3 atom stereocenters. The van der Waals surface area contributed by atoms with E-state index in [-0.39, 0.29) is 11.9 Å². The number of hydrogen-bond donors (Lipinski definition) is 4. The summed E-state index contributed by atoms with van der Waals surface area (Å²) in [6.45, 7) is 7.89. The Bertz CT molecular complexity index is 1310. The molecule has 44 heavy (non-hydrogen) atoms. The van der Waals surface area contributed by atoms with Crippen LogP contribution in [0.1, 0.15) is 48.2 Å². The Morgan fingerprint density at radius 1 is 1.25 bits per heavy atom. The van der Waals surface area contributed by atoms with Crippen LogP contribution in [0, 0.1) is 12.8 Å². The molecule has 0 bridgehead atoms. The third kappa shape index (κ3) is 10.8. The molecule has 3 rings (SSSR count). The molecular weight excluding hydrogens is 608 g/mol. The number of halogens is 3. The minimum Gasteiger partial charge on any atom is -0.349 e. The van der Waals surface area contributed by atoms with Crippen LogP contribution in [0.2, 0.25) is 5.02 Å². The predicted octanol–water partition coefficient (Wildman–Crippen LogP) is 4.64. The van der Waals surface area contributed by atoms with Gasteiger partial charge in [0.15, 0.2) is 5.79 Å². The van der Waals surface area contributed by atoms with E-state index in [0.29, 0.717) is 30.2 Å². The Morgan fingerprint density at radius 3 is 2.59 bits per heavy atom. The van der Waals surface area contributed by atoms with Crippen molar-refractivity contribution in [3.63, 3.8) is 0 Å². The topological polar surface area (TPSA) is 101 Å². The number of aliphatic imine (C=N–C) groups is 1.